The van der Waals surface area contributed by atoms with Crippen molar-refractivity contribution in [1.82, 2.24) is 0 Å². The van der Waals surface area contributed by atoms with Gasteiger partial charge in [-0.05, 0) is 18.6 Å². The number of hydrogen-bond donors (Lipinski definition) is 0. The van der Waals surface area contributed by atoms with E-state index in [0.29, 0.717) is 17.4 Å². The van der Waals surface area contributed by atoms with Crippen molar-refractivity contribution in [1.29, 1.82) is 0 Å². The Morgan fingerprint density at radius 1 is 1.32 bits per heavy atom. The van der Waals surface area contributed by atoms with Gasteiger partial charge in [0.15, 0.2) is 0 Å². The van der Waals surface area contributed by atoms with Crippen molar-refractivity contribution in [2.45, 2.75) is 43.6 Å². The third-order valence-electron chi connectivity index (χ3n) is 3.21. The van der Waals surface area contributed by atoms with E-state index >= 15 is 0 Å². The number of para-hydroxylation sites is 1. The van der Waals surface area contributed by atoms with E-state index in [-0.39, 0.29) is 17.1 Å². The highest BCUT2D eigenvalue weighted by Crippen LogP contribution is 2.32. The van der Waals surface area contributed by atoms with Crippen LogP contribution in [-0.4, -0.2) is 22.3 Å². The molecule has 4 heteroatoms. The largest absolute Gasteiger partial charge is 0.274 e. The molecular weight excluding hydrogens is 258 g/mol. The summed E-state index contributed by atoms with van der Waals surface area (Å²) in [5.41, 5.74) is 0.684. The van der Waals surface area contributed by atoms with E-state index in [0.717, 1.165) is 12.8 Å². The van der Waals surface area contributed by atoms with Gasteiger partial charge in [-0.3, -0.25) is 9.59 Å². The van der Waals surface area contributed by atoms with Crippen molar-refractivity contribution in [3.8, 4) is 0 Å². The van der Waals surface area contributed by atoms with Gasteiger partial charge in [0.25, 0.3) is 0 Å². The van der Waals surface area contributed by atoms with Gasteiger partial charge in [-0.1, -0.05) is 38.5 Å². The normalized spacial score (nSPS) is 20.9. The van der Waals surface area contributed by atoms with E-state index in [9.17, 15) is 9.59 Å². The molecule has 1 aliphatic rings. The molecule has 0 saturated carbocycles. The van der Waals surface area contributed by atoms with Crippen LogP contribution in [-0.2, 0) is 9.59 Å². The zero-order chi connectivity index (χ0) is 13.8. The molecule has 0 radical (unpaired) electrons. The SMILES string of the molecule is CCCC(C)SC1CC(=O)N(c2ccccc2)C1=O. The Hall–Kier alpha value is -1.29. The highest BCUT2D eigenvalue weighted by Gasteiger charge is 2.40. The number of carbonyl (C=O) groups is 2. The highest BCUT2D eigenvalue weighted by molar-refractivity contribution is 8.01. The van der Waals surface area contributed by atoms with Crippen LogP contribution in [0.1, 0.15) is 33.1 Å². The summed E-state index contributed by atoms with van der Waals surface area (Å²) in [4.78, 5) is 25.7. The number of anilines is 1. The smallest absolute Gasteiger partial charge is 0.247 e. The van der Waals surface area contributed by atoms with Gasteiger partial charge < -0.3 is 0 Å². The van der Waals surface area contributed by atoms with Crippen molar-refractivity contribution in [2.75, 3.05) is 4.90 Å². The quantitative estimate of drug-likeness (QED) is 0.775. The van der Waals surface area contributed by atoms with E-state index in [1.54, 1.807) is 23.9 Å². The summed E-state index contributed by atoms with van der Waals surface area (Å²) < 4.78 is 0. The van der Waals surface area contributed by atoms with Crippen LogP contribution in [0.15, 0.2) is 30.3 Å². The Balaban J connectivity index is 2.09. The van der Waals surface area contributed by atoms with Crippen LogP contribution in [0.2, 0.25) is 0 Å². The molecule has 2 unspecified atom stereocenters. The highest BCUT2D eigenvalue weighted by atomic mass is 32.2. The number of imide groups is 1. The number of amides is 2. The minimum atomic E-state index is -0.214. The molecule has 102 valence electrons. The molecule has 1 heterocycles. The molecular formula is C15H19NO2S. The number of carbonyl (C=O) groups excluding carboxylic acids is 2. The van der Waals surface area contributed by atoms with Crippen molar-refractivity contribution in [2.24, 2.45) is 0 Å². The topological polar surface area (TPSA) is 37.4 Å². The average molecular weight is 277 g/mol. The zero-order valence-corrected chi connectivity index (χ0v) is 12.2. The van der Waals surface area contributed by atoms with Gasteiger partial charge in [-0.15, -0.1) is 11.8 Å². The fourth-order valence-corrected chi connectivity index (χ4v) is 3.71. The van der Waals surface area contributed by atoms with Crippen molar-refractivity contribution >= 4 is 29.3 Å². The van der Waals surface area contributed by atoms with Crippen LogP contribution < -0.4 is 4.90 Å². The van der Waals surface area contributed by atoms with Crippen LogP contribution in [0, 0.1) is 0 Å². The van der Waals surface area contributed by atoms with E-state index in [1.807, 2.05) is 18.2 Å². The molecule has 0 aromatic heterocycles. The first-order chi connectivity index (χ1) is 9.13. The van der Waals surface area contributed by atoms with Crippen molar-refractivity contribution in [3.05, 3.63) is 30.3 Å². The van der Waals surface area contributed by atoms with Gasteiger partial charge in [0, 0.05) is 11.7 Å². The molecule has 1 aromatic rings. The fraction of sp³-hybridized carbons (Fsp3) is 0.467. The van der Waals surface area contributed by atoms with Crippen LogP contribution in [0.25, 0.3) is 0 Å². The predicted octanol–water partition coefficient (Wildman–Crippen LogP) is 3.24. The lowest BCUT2D eigenvalue weighted by Gasteiger charge is -2.16. The van der Waals surface area contributed by atoms with E-state index < -0.39 is 0 Å². The molecule has 1 aliphatic heterocycles. The Kier molecular flexibility index (Phi) is 4.64. The molecule has 1 fully saturated rings. The third kappa shape index (κ3) is 3.18. The Morgan fingerprint density at radius 2 is 2.00 bits per heavy atom. The summed E-state index contributed by atoms with van der Waals surface area (Å²) in [6, 6.07) is 9.17. The van der Waals surface area contributed by atoms with Crippen molar-refractivity contribution in [3.63, 3.8) is 0 Å². The molecule has 2 atom stereocenters. The molecule has 0 N–H and O–H groups in total. The molecule has 3 nitrogen and oxygen atoms in total. The second kappa shape index (κ2) is 6.24. The van der Waals surface area contributed by atoms with E-state index in [2.05, 4.69) is 13.8 Å². The van der Waals surface area contributed by atoms with E-state index in [4.69, 9.17) is 0 Å². The molecule has 1 aromatic carbocycles. The minimum Gasteiger partial charge on any atom is -0.274 e. The lowest BCUT2D eigenvalue weighted by Crippen LogP contribution is -2.31. The van der Waals surface area contributed by atoms with Gasteiger partial charge in [-0.2, -0.15) is 0 Å². The molecule has 2 rings (SSSR count). The fourth-order valence-electron chi connectivity index (χ4n) is 2.31. The summed E-state index contributed by atoms with van der Waals surface area (Å²) >= 11 is 1.63. The predicted molar refractivity (Wildman–Crippen MR) is 79.3 cm³/mol. The third-order valence-corrected chi connectivity index (χ3v) is 4.61. The number of thioether (sulfide) groups is 1. The molecule has 19 heavy (non-hydrogen) atoms. The molecule has 1 saturated heterocycles. The maximum Gasteiger partial charge on any atom is 0.247 e. The molecule has 0 bridgehead atoms. The van der Waals surface area contributed by atoms with Crippen LogP contribution >= 0.6 is 11.8 Å². The minimum absolute atomic E-state index is 0.0656. The summed E-state index contributed by atoms with van der Waals surface area (Å²) in [7, 11) is 0. The molecule has 0 spiro atoms. The lowest BCUT2D eigenvalue weighted by molar-refractivity contribution is -0.121. The first-order valence-electron chi connectivity index (χ1n) is 6.70. The first-order valence-corrected chi connectivity index (χ1v) is 7.65. The van der Waals surface area contributed by atoms with Gasteiger partial charge in [0.2, 0.25) is 11.8 Å². The molecule has 2 amide bonds. The lowest BCUT2D eigenvalue weighted by atomic mass is 10.3. The summed E-state index contributed by atoms with van der Waals surface area (Å²) in [5, 5.41) is 0.205. The second-order valence-electron chi connectivity index (χ2n) is 4.83. The van der Waals surface area contributed by atoms with Crippen LogP contribution in [0.3, 0.4) is 0 Å². The number of rotatable bonds is 5. The zero-order valence-electron chi connectivity index (χ0n) is 11.3. The summed E-state index contributed by atoms with van der Waals surface area (Å²) in [5.74, 6) is -0.151. The Morgan fingerprint density at radius 3 is 2.63 bits per heavy atom. The monoisotopic (exact) mass is 277 g/mol. The van der Waals surface area contributed by atoms with Gasteiger partial charge in [-0.25, -0.2) is 4.90 Å². The standard InChI is InChI=1S/C15H19NO2S/c1-3-7-11(2)19-13-10-14(17)16(15(13)18)12-8-5-4-6-9-12/h4-6,8-9,11,13H,3,7,10H2,1-2H3. The molecule has 0 aliphatic carbocycles. The maximum absolute atomic E-state index is 12.3. The van der Waals surface area contributed by atoms with Crippen LogP contribution in [0.5, 0.6) is 0 Å². The maximum atomic E-state index is 12.3. The van der Waals surface area contributed by atoms with Crippen LogP contribution in [0.4, 0.5) is 5.69 Å². The number of nitrogens with zero attached hydrogens (tertiary/aromatic N) is 1. The number of hydrogen-bond acceptors (Lipinski definition) is 3. The van der Waals surface area contributed by atoms with E-state index in [1.165, 1.54) is 4.90 Å². The average Bonchev–Trinajstić information content (AvgIpc) is 2.66. The van der Waals surface area contributed by atoms with Gasteiger partial charge >= 0.3 is 0 Å². The van der Waals surface area contributed by atoms with Gasteiger partial charge in [0.1, 0.15) is 0 Å². The van der Waals surface area contributed by atoms with Gasteiger partial charge in [0.05, 0.1) is 10.9 Å². The van der Waals surface area contributed by atoms with Crippen molar-refractivity contribution < 1.29 is 9.59 Å². The first kappa shape index (κ1) is 14.1. The summed E-state index contributed by atoms with van der Waals surface area (Å²) in [6.45, 7) is 4.26. The Labute approximate surface area is 118 Å². The Bertz CT molecular complexity index is 460. The second-order valence-corrected chi connectivity index (χ2v) is 6.48. The summed E-state index contributed by atoms with van der Waals surface area (Å²) in [6.07, 6.45) is 2.51. The number of benzene rings is 1.